The van der Waals surface area contributed by atoms with Crippen LogP contribution >= 0.6 is 0 Å². The third-order valence-electron chi connectivity index (χ3n) is 1.38. The first-order valence-electron chi connectivity index (χ1n) is 4.02. The monoisotopic (exact) mass is 216 g/mol. The smallest absolute Gasteiger partial charge is 0.208 e. The maximum atomic E-state index is 10.7. The molecule has 0 aromatic carbocycles. The fraction of sp³-hybridized carbons (Fsp3) is 0.429. The summed E-state index contributed by atoms with van der Waals surface area (Å²) in [4.78, 5) is 7.66. The van der Waals surface area contributed by atoms with Crippen LogP contribution in [0.2, 0.25) is 0 Å². The first kappa shape index (κ1) is 10.9. The topological polar surface area (TPSA) is 84.0 Å². The van der Waals surface area contributed by atoms with Gasteiger partial charge in [-0.1, -0.05) is 0 Å². The number of hydrogen-bond donors (Lipinski definition) is 2. The number of hydrogen-bond acceptors (Lipinski definition) is 5. The third-order valence-corrected chi connectivity index (χ3v) is 2.11. The second-order valence-corrected chi connectivity index (χ2v) is 4.52. The fourth-order valence-electron chi connectivity index (χ4n) is 0.822. The van der Waals surface area contributed by atoms with Gasteiger partial charge in [0.2, 0.25) is 10.0 Å². The number of nitrogens with zero attached hydrogens (tertiary/aromatic N) is 2. The average Bonchev–Trinajstić information content (AvgIpc) is 2.13. The maximum absolute atomic E-state index is 10.7. The lowest BCUT2D eigenvalue weighted by Gasteiger charge is -2.04. The maximum Gasteiger partial charge on any atom is 0.208 e. The molecule has 0 aliphatic carbocycles. The molecule has 0 aliphatic heterocycles. The van der Waals surface area contributed by atoms with E-state index in [-0.39, 0.29) is 0 Å². The molecule has 1 rings (SSSR count). The van der Waals surface area contributed by atoms with Gasteiger partial charge in [0, 0.05) is 19.3 Å². The molecule has 0 saturated carbocycles. The van der Waals surface area contributed by atoms with Crippen LogP contribution in [0.1, 0.15) is 0 Å². The summed E-state index contributed by atoms with van der Waals surface area (Å²) in [5.74, 6) is 0.676. The Hall–Kier alpha value is -1.21. The Bertz CT molecular complexity index is 365. The van der Waals surface area contributed by atoms with Crippen molar-refractivity contribution in [3.05, 3.63) is 18.6 Å². The highest BCUT2D eigenvalue weighted by atomic mass is 32.2. The summed E-state index contributed by atoms with van der Waals surface area (Å²) in [6.07, 6.45) is 4.16. The van der Waals surface area contributed by atoms with Crippen molar-refractivity contribution in [1.82, 2.24) is 14.7 Å². The molecule has 0 bridgehead atoms. The summed E-state index contributed by atoms with van der Waals surface area (Å²) in [5, 5.41) is 2.94. The van der Waals surface area contributed by atoms with Crippen LogP contribution in [0.25, 0.3) is 0 Å². The fourth-order valence-corrected chi connectivity index (χ4v) is 1.30. The first-order chi connectivity index (χ1) is 6.58. The van der Waals surface area contributed by atoms with E-state index in [0.29, 0.717) is 18.9 Å². The largest absolute Gasteiger partial charge is 0.369 e. The Kier molecular flexibility index (Phi) is 3.78. The Morgan fingerprint density at radius 1 is 1.43 bits per heavy atom. The van der Waals surface area contributed by atoms with Crippen molar-refractivity contribution >= 4 is 15.8 Å². The Morgan fingerprint density at radius 2 is 2.21 bits per heavy atom. The normalized spacial score (nSPS) is 11.2. The van der Waals surface area contributed by atoms with Gasteiger partial charge in [0.05, 0.1) is 6.26 Å². The minimum atomic E-state index is -3.10. The summed E-state index contributed by atoms with van der Waals surface area (Å²) < 4.78 is 23.7. The van der Waals surface area contributed by atoms with Crippen LogP contribution in [0, 0.1) is 0 Å². The molecule has 0 aliphatic rings. The van der Waals surface area contributed by atoms with Gasteiger partial charge >= 0.3 is 0 Å². The molecule has 78 valence electrons. The molecule has 0 spiro atoms. The van der Waals surface area contributed by atoms with E-state index in [4.69, 9.17) is 0 Å². The van der Waals surface area contributed by atoms with E-state index in [0.717, 1.165) is 6.26 Å². The predicted octanol–water partition coefficient (Wildman–Crippen LogP) is -0.562. The van der Waals surface area contributed by atoms with E-state index < -0.39 is 10.0 Å². The van der Waals surface area contributed by atoms with Gasteiger partial charge in [-0.25, -0.2) is 23.1 Å². The average molecular weight is 216 g/mol. The molecule has 0 amide bonds. The van der Waals surface area contributed by atoms with Crippen molar-refractivity contribution in [2.45, 2.75) is 0 Å². The molecule has 1 heterocycles. The lowest BCUT2D eigenvalue weighted by Crippen LogP contribution is -2.27. The van der Waals surface area contributed by atoms with Crippen LogP contribution in [0.3, 0.4) is 0 Å². The summed E-state index contributed by atoms with van der Waals surface area (Å²) in [7, 11) is -3.10. The molecular formula is C7H12N4O2S. The summed E-state index contributed by atoms with van der Waals surface area (Å²) in [5.41, 5.74) is 0. The first-order valence-corrected chi connectivity index (χ1v) is 5.91. The standard InChI is InChI=1S/C7H12N4O2S/c1-14(12,13)11-5-4-9-7-2-3-8-6-10-7/h2-3,6,11H,4-5H2,1H3,(H,8,9,10). The van der Waals surface area contributed by atoms with Gasteiger partial charge in [0.1, 0.15) is 12.1 Å². The third kappa shape index (κ3) is 4.73. The highest BCUT2D eigenvalue weighted by Crippen LogP contribution is 1.95. The summed E-state index contributed by atoms with van der Waals surface area (Å²) >= 11 is 0. The van der Waals surface area contributed by atoms with Crippen molar-refractivity contribution in [1.29, 1.82) is 0 Å². The van der Waals surface area contributed by atoms with Crippen molar-refractivity contribution in [2.75, 3.05) is 24.7 Å². The molecule has 0 unspecified atom stereocenters. The Labute approximate surface area is 82.8 Å². The lowest BCUT2D eigenvalue weighted by molar-refractivity contribution is 0.589. The van der Waals surface area contributed by atoms with E-state index >= 15 is 0 Å². The predicted molar refractivity (Wildman–Crippen MR) is 53.4 cm³/mol. The van der Waals surface area contributed by atoms with E-state index in [1.807, 2.05) is 0 Å². The van der Waals surface area contributed by atoms with Crippen LogP contribution in [-0.4, -0.2) is 37.7 Å². The highest BCUT2D eigenvalue weighted by molar-refractivity contribution is 7.88. The van der Waals surface area contributed by atoms with Crippen LogP contribution in [0.5, 0.6) is 0 Å². The molecule has 1 aromatic heterocycles. The van der Waals surface area contributed by atoms with Crippen LogP contribution < -0.4 is 10.0 Å². The summed E-state index contributed by atoms with van der Waals surface area (Å²) in [6.45, 7) is 0.826. The quantitative estimate of drug-likeness (QED) is 0.644. The van der Waals surface area contributed by atoms with E-state index in [1.54, 1.807) is 12.3 Å². The summed E-state index contributed by atoms with van der Waals surface area (Å²) in [6, 6.07) is 1.71. The van der Waals surface area contributed by atoms with E-state index in [2.05, 4.69) is 20.0 Å². The van der Waals surface area contributed by atoms with Crippen molar-refractivity contribution in [3.63, 3.8) is 0 Å². The molecular weight excluding hydrogens is 204 g/mol. The lowest BCUT2D eigenvalue weighted by atomic mass is 10.5. The SMILES string of the molecule is CS(=O)(=O)NCCNc1ccncn1. The Balaban J connectivity index is 2.23. The molecule has 0 saturated heterocycles. The van der Waals surface area contributed by atoms with Gasteiger partial charge in [0.15, 0.2) is 0 Å². The molecule has 14 heavy (non-hydrogen) atoms. The van der Waals surface area contributed by atoms with Crippen molar-refractivity contribution in [3.8, 4) is 0 Å². The minimum absolute atomic E-state index is 0.336. The molecule has 6 nitrogen and oxygen atoms in total. The molecule has 0 radical (unpaired) electrons. The van der Waals surface area contributed by atoms with Gasteiger partial charge in [-0.2, -0.15) is 0 Å². The van der Waals surface area contributed by atoms with Crippen LogP contribution in [-0.2, 0) is 10.0 Å². The van der Waals surface area contributed by atoms with E-state index in [1.165, 1.54) is 6.33 Å². The van der Waals surface area contributed by atoms with Crippen molar-refractivity contribution < 1.29 is 8.42 Å². The second-order valence-electron chi connectivity index (χ2n) is 2.69. The van der Waals surface area contributed by atoms with Gasteiger partial charge in [0.25, 0.3) is 0 Å². The number of sulfonamides is 1. The number of anilines is 1. The minimum Gasteiger partial charge on any atom is -0.369 e. The molecule has 0 fully saturated rings. The highest BCUT2D eigenvalue weighted by Gasteiger charge is 1.98. The molecule has 1 aromatic rings. The van der Waals surface area contributed by atoms with Gasteiger partial charge in [-0.05, 0) is 6.07 Å². The number of rotatable bonds is 5. The zero-order chi connectivity index (χ0) is 10.4. The molecule has 0 atom stereocenters. The molecule has 7 heteroatoms. The Morgan fingerprint density at radius 3 is 2.79 bits per heavy atom. The van der Waals surface area contributed by atoms with Crippen molar-refractivity contribution in [2.24, 2.45) is 0 Å². The number of aromatic nitrogens is 2. The van der Waals surface area contributed by atoms with Crippen LogP contribution in [0.15, 0.2) is 18.6 Å². The number of nitrogens with one attached hydrogen (secondary N) is 2. The van der Waals surface area contributed by atoms with Gasteiger partial charge in [-0.3, -0.25) is 0 Å². The van der Waals surface area contributed by atoms with Gasteiger partial charge < -0.3 is 5.32 Å². The zero-order valence-electron chi connectivity index (χ0n) is 7.77. The van der Waals surface area contributed by atoms with Gasteiger partial charge in [-0.15, -0.1) is 0 Å². The molecule has 2 N–H and O–H groups in total. The second kappa shape index (κ2) is 4.87. The van der Waals surface area contributed by atoms with E-state index in [9.17, 15) is 8.42 Å². The zero-order valence-corrected chi connectivity index (χ0v) is 8.58. The van der Waals surface area contributed by atoms with Crippen LogP contribution in [0.4, 0.5) is 5.82 Å².